The van der Waals surface area contributed by atoms with E-state index in [1.165, 1.54) is 0 Å². The molecule has 0 aliphatic rings. The summed E-state index contributed by atoms with van der Waals surface area (Å²) in [6, 6.07) is 0. The normalized spacial score (nSPS) is 15.0. The van der Waals surface area contributed by atoms with Crippen LogP contribution in [0.25, 0.3) is 0 Å². The van der Waals surface area contributed by atoms with E-state index in [0.717, 1.165) is 0 Å². The van der Waals surface area contributed by atoms with Crippen LogP contribution in [0.3, 0.4) is 0 Å². The van der Waals surface area contributed by atoms with Crippen molar-refractivity contribution in [1.29, 1.82) is 0 Å². The highest BCUT2D eigenvalue weighted by molar-refractivity contribution is 5.83. The maximum atomic E-state index is 11.9. The van der Waals surface area contributed by atoms with Crippen LogP contribution in [0.5, 0.6) is 0 Å². The lowest BCUT2D eigenvalue weighted by atomic mass is 9.70. The van der Waals surface area contributed by atoms with E-state index in [2.05, 4.69) is 0 Å². The van der Waals surface area contributed by atoms with Gasteiger partial charge in [-0.15, -0.1) is 0 Å². The zero-order valence-corrected chi connectivity index (χ0v) is 12.2. The van der Waals surface area contributed by atoms with E-state index in [0.29, 0.717) is 19.3 Å². The van der Waals surface area contributed by atoms with Crippen LogP contribution in [-0.4, -0.2) is 30.1 Å². The largest absolute Gasteiger partial charge is 0.465 e. The number of hydrogen-bond donors (Lipinski definition) is 1. The van der Waals surface area contributed by atoms with Crippen molar-refractivity contribution in [3.05, 3.63) is 0 Å². The van der Waals surface area contributed by atoms with Crippen molar-refractivity contribution >= 4 is 11.8 Å². The van der Waals surface area contributed by atoms with Crippen molar-refractivity contribution in [2.24, 2.45) is 10.8 Å². The zero-order chi connectivity index (χ0) is 14.4. The molecular formula is C14H26O4. The fourth-order valence-electron chi connectivity index (χ4n) is 1.97. The molecule has 0 aliphatic heterocycles. The van der Waals surface area contributed by atoms with E-state index in [-0.39, 0.29) is 25.0 Å². The van der Waals surface area contributed by atoms with Crippen molar-refractivity contribution in [1.82, 2.24) is 0 Å². The van der Waals surface area contributed by atoms with Gasteiger partial charge >= 0.3 is 5.97 Å². The summed E-state index contributed by atoms with van der Waals surface area (Å²) in [5, 5.41) is 8.64. The van der Waals surface area contributed by atoms with Gasteiger partial charge in [0.15, 0.2) is 0 Å². The summed E-state index contributed by atoms with van der Waals surface area (Å²) in [6.07, 6.45) is 1.62. The highest BCUT2D eigenvalue weighted by atomic mass is 16.5. The van der Waals surface area contributed by atoms with Gasteiger partial charge in [-0.05, 0) is 33.6 Å². The fraction of sp³-hybridized carbons (Fsp3) is 0.857. The van der Waals surface area contributed by atoms with Crippen molar-refractivity contribution in [3.63, 3.8) is 0 Å². The number of Topliss-reactive ketones (excluding diaryl/α,β-unsaturated/α-hetero) is 1. The molecule has 0 aromatic heterocycles. The molecule has 0 amide bonds. The molecule has 106 valence electrons. The molecule has 1 unspecified atom stereocenters. The molecule has 0 radical (unpaired) electrons. The first-order chi connectivity index (χ1) is 8.19. The van der Waals surface area contributed by atoms with Gasteiger partial charge in [0.1, 0.15) is 5.78 Å². The summed E-state index contributed by atoms with van der Waals surface area (Å²) in [4.78, 5) is 23.6. The van der Waals surface area contributed by atoms with Gasteiger partial charge in [0.2, 0.25) is 0 Å². The van der Waals surface area contributed by atoms with Crippen LogP contribution in [0, 0.1) is 10.8 Å². The Morgan fingerprint density at radius 2 is 1.78 bits per heavy atom. The molecule has 0 saturated carbocycles. The minimum absolute atomic E-state index is 0.00777. The van der Waals surface area contributed by atoms with E-state index >= 15 is 0 Å². The average molecular weight is 258 g/mol. The molecule has 0 fully saturated rings. The van der Waals surface area contributed by atoms with E-state index in [1.54, 1.807) is 20.8 Å². The minimum atomic E-state index is -0.689. The molecule has 4 heteroatoms. The van der Waals surface area contributed by atoms with Gasteiger partial charge in [-0.25, -0.2) is 0 Å². The molecule has 1 atom stereocenters. The summed E-state index contributed by atoms with van der Waals surface area (Å²) in [7, 11) is 0. The van der Waals surface area contributed by atoms with Crippen LogP contribution in [0.2, 0.25) is 0 Å². The molecule has 0 rings (SSSR count). The Hall–Kier alpha value is -0.900. The Morgan fingerprint density at radius 1 is 1.22 bits per heavy atom. The molecule has 4 nitrogen and oxygen atoms in total. The number of aliphatic hydroxyl groups excluding tert-OH is 1. The quantitative estimate of drug-likeness (QED) is 0.536. The van der Waals surface area contributed by atoms with Gasteiger partial charge in [-0.3, -0.25) is 9.59 Å². The standard InChI is InChI=1S/C14H26O4/c1-6-14(5,11(2)16)10-13(3,4)12(17)18-9-7-8-15/h15H,6-10H2,1-5H3. The number of aliphatic hydroxyl groups is 1. The molecular weight excluding hydrogens is 232 g/mol. The summed E-state index contributed by atoms with van der Waals surface area (Å²) < 4.78 is 5.11. The highest BCUT2D eigenvalue weighted by Gasteiger charge is 2.39. The van der Waals surface area contributed by atoms with Gasteiger partial charge in [-0.2, -0.15) is 0 Å². The number of carbonyl (C=O) groups is 2. The van der Waals surface area contributed by atoms with E-state index in [4.69, 9.17) is 9.84 Å². The van der Waals surface area contributed by atoms with Crippen LogP contribution < -0.4 is 0 Å². The number of ether oxygens (including phenoxy) is 1. The molecule has 0 aliphatic carbocycles. The predicted octanol–water partition coefficient (Wildman–Crippen LogP) is 2.33. The van der Waals surface area contributed by atoms with E-state index in [1.807, 2.05) is 13.8 Å². The molecule has 18 heavy (non-hydrogen) atoms. The second-order valence-corrected chi connectivity index (χ2v) is 5.74. The molecule has 1 N–H and O–H groups in total. The van der Waals surface area contributed by atoms with Crippen LogP contribution >= 0.6 is 0 Å². The number of ketones is 1. The lowest BCUT2D eigenvalue weighted by molar-refractivity contribution is -0.156. The van der Waals surface area contributed by atoms with Gasteiger partial charge in [0.05, 0.1) is 12.0 Å². The smallest absolute Gasteiger partial charge is 0.311 e. The predicted molar refractivity (Wildman–Crippen MR) is 70.1 cm³/mol. The number of hydrogen-bond acceptors (Lipinski definition) is 4. The third kappa shape index (κ3) is 4.77. The monoisotopic (exact) mass is 258 g/mol. The van der Waals surface area contributed by atoms with Crippen LogP contribution in [0.1, 0.15) is 53.9 Å². The highest BCUT2D eigenvalue weighted by Crippen LogP contribution is 2.38. The van der Waals surface area contributed by atoms with E-state index in [9.17, 15) is 9.59 Å². The summed E-state index contributed by atoms with van der Waals surface area (Å²) in [5.41, 5.74) is -1.18. The van der Waals surface area contributed by atoms with Gasteiger partial charge in [-0.1, -0.05) is 13.8 Å². The first-order valence-electron chi connectivity index (χ1n) is 6.49. The van der Waals surface area contributed by atoms with Crippen LogP contribution in [-0.2, 0) is 14.3 Å². The lowest BCUT2D eigenvalue weighted by Gasteiger charge is -2.33. The summed E-state index contributed by atoms with van der Waals surface area (Å²) in [6.45, 7) is 9.23. The summed E-state index contributed by atoms with van der Waals surface area (Å²) in [5.74, 6) is -0.210. The molecule has 0 aromatic carbocycles. The Labute approximate surface area is 110 Å². The SMILES string of the molecule is CCC(C)(CC(C)(C)C(=O)OCCCO)C(C)=O. The van der Waals surface area contributed by atoms with Gasteiger partial charge in [0, 0.05) is 18.4 Å². The third-order valence-electron chi connectivity index (χ3n) is 3.55. The maximum absolute atomic E-state index is 11.9. The van der Waals surface area contributed by atoms with Gasteiger partial charge < -0.3 is 9.84 Å². The molecule has 0 saturated heterocycles. The molecule has 0 aromatic rings. The lowest BCUT2D eigenvalue weighted by Crippen LogP contribution is -2.36. The fourth-order valence-corrected chi connectivity index (χ4v) is 1.97. The topological polar surface area (TPSA) is 63.6 Å². The molecule has 0 spiro atoms. The molecule has 0 heterocycles. The molecule has 0 bridgehead atoms. The van der Waals surface area contributed by atoms with Crippen molar-refractivity contribution < 1.29 is 19.4 Å². The Morgan fingerprint density at radius 3 is 2.17 bits per heavy atom. The summed E-state index contributed by atoms with van der Waals surface area (Å²) >= 11 is 0. The Balaban J connectivity index is 4.62. The first-order valence-corrected chi connectivity index (χ1v) is 6.49. The van der Waals surface area contributed by atoms with Crippen molar-refractivity contribution in [2.45, 2.75) is 53.9 Å². The average Bonchev–Trinajstić information content (AvgIpc) is 2.28. The maximum Gasteiger partial charge on any atom is 0.311 e. The second-order valence-electron chi connectivity index (χ2n) is 5.74. The van der Waals surface area contributed by atoms with Gasteiger partial charge in [0.25, 0.3) is 0 Å². The van der Waals surface area contributed by atoms with Crippen LogP contribution in [0.4, 0.5) is 0 Å². The minimum Gasteiger partial charge on any atom is -0.465 e. The zero-order valence-electron chi connectivity index (χ0n) is 12.2. The Kier molecular flexibility index (Phi) is 6.54. The first kappa shape index (κ1) is 17.1. The van der Waals surface area contributed by atoms with Crippen molar-refractivity contribution in [2.75, 3.05) is 13.2 Å². The number of rotatable bonds is 8. The number of esters is 1. The number of carbonyl (C=O) groups excluding carboxylic acids is 2. The van der Waals surface area contributed by atoms with Crippen molar-refractivity contribution in [3.8, 4) is 0 Å². The van der Waals surface area contributed by atoms with E-state index < -0.39 is 10.8 Å². The van der Waals surface area contributed by atoms with Crippen LogP contribution in [0.15, 0.2) is 0 Å². The Bertz CT molecular complexity index is 296. The second kappa shape index (κ2) is 6.88. The third-order valence-corrected chi connectivity index (χ3v) is 3.55.